The average molecular weight is 236 g/mol. The third-order valence-corrected chi connectivity index (χ3v) is 2.49. The Labute approximate surface area is 98.7 Å². The van der Waals surface area contributed by atoms with Gasteiger partial charge in [0.2, 0.25) is 5.95 Å². The lowest BCUT2D eigenvalue weighted by molar-refractivity contribution is 0.183. The molecule has 0 aromatic carbocycles. The van der Waals surface area contributed by atoms with Crippen LogP contribution in [0.3, 0.4) is 0 Å². The minimum atomic E-state index is -0.388. The Morgan fingerprint density at radius 2 is 2.29 bits per heavy atom. The molecule has 0 saturated carbocycles. The monoisotopic (exact) mass is 236 g/mol. The van der Waals surface area contributed by atoms with Gasteiger partial charge in [-0.2, -0.15) is 9.97 Å². The standard InChI is InChI=1S/C10H16N6O/c1-3-6(17)4-12-8-7-9(14-5-13-7)16-10(11-2)15-8/h5-6,17H,3-4H2,1-2H3,(H3,11,12,13,14,15,16). The topological polar surface area (TPSA) is 98.8 Å². The minimum absolute atomic E-state index is 0.388. The summed E-state index contributed by atoms with van der Waals surface area (Å²) in [4.78, 5) is 15.5. The molecule has 4 N–H and O–H groups in total. The summed E-state index contributed by atoms with van der Waals surface area (Å²) < 4.78 is 0. The van der Waals surface area contributed by atoms with Crippen LogP contribution in [-0.4, -0.2) is 44.7 Å². The molecule has 2 rings (SSSR count). The van der Waals surface area contributed by atoms with Crippen LogP contribution in [0, 0.1) is 0 Å². The number of aliphatic hydroxyl groups is 1. The number of aliphatic hydroxyl groups excluding tert-OH is 1. The summed E-state index contributed by atoms with van der Waals surface area (Å²) in [7, 11) is 1.75. The largest absolute Gasteiger partial charge is 0.391 e. The van der Waals surface area contributed by atoms with Gasteiger partial charge in [0.15, 0.2) is 11.5 Å². The van der Waals surface area contributed by atoms with E-state index in [2.05, 4.69) is 30.6 Å². The Hall–Kier alpha value is -1.89. The van der Waals surface area contributed by atoms with Gasteiger partial charge in [-0.05, 0) is 6.42 Å². The van der Waals surface area contributed by atoms with Crippen LogP contribution >= 0.6 is 0 Å². The van der Waals surface area contributed by atoms with Crippen LogP contribution in [0.15, 0.2) is 6.33 Å². The van der Waals surface area contributed by atoms with Crippen molar-refractivity contribution in [3.05, 3.63) is 6.33 Å². The van der Waals surface area contributed by atoms with E-state index in [9.17, 15) is 5.11 Å². The molecule has 7 heteroatoms. The number of anilines is 2. The smallest absolute Gasteiger partial charge is 0.226 e. The first-order chi connectivity index (χ1) is 8.24. The summed E-state index contributed by atoms with van der Waals surface area (Å²) in [5.41, 5.74) is 1.34. The SMILES string of the molecule is CCC(O)CNc1nc(NC)nc2nc[nH]c12. The molecular weight excluding hydrogens is 220 g/mol. The van der Waals surface area contributed by atoms with Gasteiger partial charge in [0.05, 0.1) is 12.4 Å². The lowest BCUT2D eigenvalue weighted by atomic mass is 10.3. The van der Waals surface area contributed by atoms with Gasteiger partial charge in [0.1, 0.15) is 5.52 Å². The number of fused-ring (bicyclic) bond motifs is 1. The zero-order valence-corrected chi connectivity index (χ0v) is 9.86. The van der Waals surface area contributed by atoms with Crippen molar-refractivity contribution in [1.29, 1.82) is 0 Å². The summed E-state index contributed by atoms with van der Waals surface area (Å²) in [6.45, 7) is 2.38. The van der Waals surface area contributed by atoms with E-state index in [1.165, 1.54) is 0 Å². The van der Waals surface area contributed by atoms with Crippen LogP contribution in [0.25, 0.3) is 11.2 Å². The molecule has 0 saturated heterocycles. The summed E-state index contributed by atoms with van der Waals surface area (Å²) >= 11 is 0. The number of hydrogen-bond acceptors (Lipinski definition) is 6. The molecule has 17 heavy (non-hydrogen) atoms. The summed E-state index contributed by atoms with van der Waals surface area (Å²) in [6.07, 6.45) is 1.88. The molecule has 0 radical (unpaired) electrons. The van der Waals surface area contributed by atoms with Crippen LogP contribution in [-0.2, 0) is 0 Å². The highest BCUT2D eigenvalue weighted by Gasteiger charge is 2.10. The predicted octanol–water partition coefficient (Wildman–Crippen LogP) is 0.577. The van der Waals surface area contributed by atoms with Crippen molar-refractivity contribution in [1.82, 2.24) is 19.9 Å². The Kier molecular flexibility index (Phi) is 3.38. The van der Waals surface area contributed by atoms with Crippen molar-refractivity contribution in [2.45, 2.75) is 19.4 Å². The Morgan fingerprint density at radius 3 is 3.00 bits per heavy atom. The maximum absolute atomic E-state index is 9.52. The summed E-state index contributed by atoms with van der Waals surface area (Å²) in [5, 5.41) is 15.5. The van der Waals surface area contributed by atoms with Gasteiger partial charge in [-0.15, -0.1) is 0 Å². The maximum atomic E-state index is 9.52. The third-order valence-electron chi connectivity index (χ3n) is 2.49. The molecule has 1 unspecified atom stereocenters. The molecule has 92 valence electrons. The number of nitrogens with one attached hydrogen (secondary N) is 3. The van der Waals surface area contributed by atoms with E-state index < -0.39 is 0 Å². The van der Waals surface area contributed by atoms with Crippen molar-refractivity contribution >= 4 is 22.9 Å². The number of nitrogens with zero attached hydrogens (tertiary/aromatic N) is 3. The van der Waals surface area contributed by atoms with Crippen molar-refractivity contribution in [3.8, 4) is 0 Å². The molecular formula is C10H16N6O. The molecule has 0 amide bonds. The van der Waals surface area contributed by atoms with Gasteiger partial charge in [-0.3, -0.25) is 0 Å². The average Bonchev–Trinajstić information content (AvgIpc) is 2.83. The predicted molar refractivity (Wildman–Crippen MR) is 66.0 cm³/mol. The molecule has 2 aromatic rings. The van der Waals surface area contributed by atoms with Gasteiger partial charge >= 0.3 is 0 Å². The van der Waals surface area contributed by atoms with E-state index >= 15 is 0 Å². The lowest BCUT2D eigenvalue weighted by Gasteiger charge is -2.11. The van der Waals surface area contributed by atoms with E-state index in [4.69, 9.17) is 0 Å². The fourth-order valence-electron chi connectivity index (χ4n) is 1.43. The number of imidazole rings is 1. The number of aromatic amines is 1. The van der Waals surface area contributed by atoms with E-state index in [-0.39, 0.29) is 6.10 Å². The molecule has 1 atom stereocenters. The number of hydrogen-bond donors (Lipinski definition) is 4. The zero-order valence-electron chi connectivity index (χ0n) is 9.86. The molecule has 2 aromatic heterocycles. The van der Waals surface area contributed by atoms with Crippen molar-refractivity contribution < 1.29 is 5.11 Å². The first-order valence-corrected chi connectivity index (χ1v) is 5.55. The number of rotatable bonds is 5. The van der Waals surface area contributed by atoms with Crippen LogP contribution < -0.4 is 10.6 Å². The summed E-state index contributed by atoms with van der Waals surface area (Å²) in [6, 6.07) is 0. The number of H-pyrrole nitrogens is 1. The molecule has 7 nitrogen and oxygen atoms in total. The van der Waals surface area contributed by atoms with Crippen molar-refractivity contribution in [3.63, 3.8) is 0 Å². The molecule has 2 heterocycles. The van der Waals surface area contributed by atoms with Gasteiger partial charge in [-0.1, -0.05) is 6.92 Å². The van der Waals surface area contributed by atoms with Gasteiger partial charge < -0.3 is 20.7 Å². The van der Waals surface area contributed by atoms with Crippen LogP contribution in [0.2, 0.25) is 0 Å². The second kappa shape index (κ2) is 4.96. The molecule has 0 spiro atoms. The normalized spacial score (nSPS) is 12.6. The molecule has 0 aliphatic carbocycles. The quantitative estimate of drug-likeness (QED) is 0.606. The Balaban J connectivity index is 2.27. The van der Waals surface area contributed by atoms with Crippen molar-refractivity contribution in [2.24, 2.45) is 0 Å². The molecule has 0 fully saturated rings. The van der Waals surface area contributed by atoms with Gasteiger partial charge in [-0.25, -0.2) is 4.98 Å². The van der Waals surface area contributed by atoms with Crippen LogP contribution in [0.5, 0.6) is 0 Å². The first-order valence-electron chi connectivity index (χ1n) is 5.55. The van der Waals surface area contributed by atoms with E-state index in [0.29, 0.717) is 30.4 Å². The van der Waals surface area contributed by atoms with Gasteiger partial charge in [0, 0.05) is 13.6 Å². The first kappa shape index (κ1) is 11.6. The molecule has 0 aliphatic rings. The Bertz CT molecular complexity index is 497. The van der Waals surface area contributed by atoms with Crippen LogP contribution in [0.4, 0.5) is 11.8 Å². The van der Waals surface area contributed by atoms with E-state index in [1.54, 1.807) is 13.4 Å². The van der Waals surface area contributed by atoms with E-state index in [1.807, 2.05) is 6.92 Å². The zero-order chi connectivity index (χ0) is 12.3. The highest BCUT2D eigenvalue weighted by atomic mass is 16.3. The fraction of sp³-hybridized carbons (Fsp3) is 0.500. The van der Waals surface area contributed by atoms with Gasteiger partial charge in [0.25, 0.3) is 0 Å². The summed E-state index contributed by atoms with van der Waals surface area (Å²) in [5.74, 6) is 1.14. The lowest BCUT2D eigenvalue weighted by Crippen LogP contribution is -2.19. The van der Waals surface area contributed by atoms with E-state index in [0.717, 1.165) is 5.52 Å². The fourth-order valence-corrected chi connectivity index (χ4v) is 1.43. The minimum Gasteiger partial charge on any atom is -0.391 e. The van der Waals surface area contributed by atoms with Crippen molar-refractivity contribution in [2.75, 3.05) is 24.2 Å². The third kappa shape index (κ3) is 2.44. The molecule has 0 bridgehead atoms. The highest BCUT2D eigenvalue weighted by molar-refractivity contribution is 5.83. The van der Waals surface area contributed by atoms with Crippen LogP contribution in [0.1, 0.15) is 13.3 Å². The molecule has 0 aliphatic heterocycles. The Morgan fingerprint density at radius 1 is 1.47 bits per heavy atom. The maximum Gasteiger partial charge on any atom is 0.226 e. The second-order valence-electron chi connectivity index (χ2n) is 3.69. The highest BCUT2D eigenvalue weighted by Crippen LogP contribution is 2.18. The second-order valence-corrected chi connectivity index (χ2v) is 3.69. The number of aromatic nitrogens is 4.